The summed E-state index contributed by atoms with van der Waals surface area (Å²) in [5.74, 6) is 1.08. The minimum Gasteiger partial charge on any atom is -0.357 e. The van der Waals surface area contributed by atoms with Crippen LogP contribution in [0.15, 0.2) is 12.1 Å². The van der Waals surface area contributed by atoms with E-state index in [0.717, 1.165) is 36.2 Å². The summed E-state index contributed by atoms with van der Waals surface area (Å²) in [6, 6.07) is 4.49. The van der Waals surface area contributed by atoms with E-state index in [1.165, 1.54) is 32.1 Å². The molecule has 2 rings (SSSR count). The predicted octanol–water partition coefficient (Wildman–Crippen LogP) is 4.00. The highest BCUT2D eigenvalue weighted by Gasteiger charge is 2.12. The molecule has 0 atom stereocenters. The fraction of sp³-hybridized carbons (Fsp3) is 0.688. The summed E-state index contributed by atoms with van der Waals surface area (Å²) in [5.41, 5.74) is 0.958. The largest absolute Gasteiger partial charge is 0.357 e. The average Bonchev–Trinajstić information content (AvgIpc) is 2.38. The SMILES string of the molecule is CC(C)NCc1nc(N2CCCCCCC2)ccc1Cl. The van der Waals surface area contributed by atoms with Gasteiger partial charge in [-0.25, -0.2) is 4.98 Å². The lowest BCUT2D eigenvalue weighted by Gasteiger charge is -2.26. The highest BCUT2D eigenvalue weighted by Crippen LogP contribution is 2.22. The maximum absolute atomic E-state index is 6.26. The van der Waals surface area contributed by atoms with Gasteiger partial charge in [0.05, 0.1) is 10.7 Å². The second-order valence-corrected chi connectivity index (χ2v) is 6.30. The van der Waals surface area contributed by atoms with E-state index in [9.17, 15) is 0 Å². The summed E-state index contributed by atoms with van der Waals surface area (Å²) in [4.78, 5) is 7.18. The Balaban J connectivity index is 2.08. The number of nitrogens with one attached hydrogen (secondary N) is 1. The lowest BCUT2D eigenvalue weighted by Crippen LogP contribution is -2.28. The van der Waals surface area contributed by atoms with E-state index in [2.05, 4.69) is 30.1 Å². The Morgan fingerprint density at radius 1 is 1.15 bits per heavy atom. The van der Waals surface area contributed by atoms with E-state index in [0.29, 0.717) is 6.04 Å². The fourth-order valence-electron chi connectivity index (χ4n) is 2.55. The molecule has 0 amide bonds. The number of halogens is 1. The summed E-state index contributed by atoms with van der Waals surface area (Å²) < 4.78 is 0. The Bertz CT molecular complexity index is 412. The van der Waals surface area contributed by atoms with Crippen molar-refractivity contribution in [3.05, 3.63) is 22.8 Å². The van der Waals surface area contributed by atoms with E-state index in [-0.39, 0.29) is 0 Å². The van der Waals surface area contributed by atoms with Crippen LogP contribution in [-0.2, 0) is 6.54 Å². The van der Waals surface area contributed by atoms with Gasteiger partial charge in [-0.15, -0.1) is 0 Å². The Morgan fingerprint density at radius 2 is 1.80 bits per heavy atom. The van der Waals surface area contributed by atoms with Gasteiger partial charge in [0.2, 0.25) is 0 Å². The number of hydrogen-bond donors (Lipinski definition) is 1. The minimum atomic E-state index is 0.443. The van der Waals surface area contributed by atoms with Gasteiger partial charge in [0, 0.05) is 25.7 Å². The van der Waals surface area contributed by atoms with Crippen LogP contribution in [0.3, 0.4) is 0 Å². The molecule has 0 spiro atoms. The first-order valence-corrected chi connectivity index (χ1v) is 8.18. The summed E-state index contributed by atoms with van der Waals surface area (Å²) in [6.45, 7) is 7.24. The molecular weight excluding hydrogens is 270 g/mol. The molecule has 2 heterocycles. The Kier molecular flexibility index (Phi) is 6.11. The van der Waals surface area contributed by atoms with Gasteiger partial charge in [-0.3, -0.25) is 0 Å². The molecule has 0 aliphatic carbocycles. The Labute approximate surface area is 127 Å². The zero-order valence-corrected chi connectivity index (χ0v) is 13.4. The number of rotatable bonds is 4. The molecule has 20 heavy (non-hydrogen) atoms. The fourth-order valence-corrected chi connectivity index (χ4v) is 2.72. The van der Waals surface area contributed by atoms with Crippen LogP contribution in [-0.4, -0.2) is 24.1 Å². The molecule has 0 unspecified atom stereocenters. The van der Waals surface area contributed by atoms with E-state index in [1.807, 2.05) is 6.07 Å². The van der Waals surface area contributed by atoms with Crippen molar-refractivity contribution < 1.29 is 0 Å². The highest BCUT2D eigenvalue weighted by molar-refractivity contribution is 6.31. The molecule has 1 aromatic heterocycles. The monoisotopic (exact) mass is 295 g/mol. The van der Waals surface area contributed by atoms with Gasteiger partial charge in [0.15, 0.2) is 0 Å². The summed E-state index contributed by atoms with van der Waals surface area (Å²) in [7, 11) is 0. The van der Waals surface area contributed by atoms with Crippen molar-refractivity contribution in [3.8, 4) is 0 Å². The van der Waals surface area contributed by atoms with Crippen molar-refractivity contribution in [1.82, 2.24) is 10.3 Å². The van der Waals surface area contributed by atoms with Gasteiger partial charge in [0.25, 0.3) is 0 Å². The van der Waals surface area contributed by atoms with Crippen LogP contribution in [0.1, 0.15) is 51.6 Å². The van der Waals surface area contributed by atoms with E-state index in [1.54, 1.807) is 0 Å². The molecule has 1 fully saturated rings. The maximum atomic E-state index is 6.26. The molecule has 1 aromatic rings. The topological polar surface area (TPSA) is 28.2 Å². The van der Waals surface area contributed by atoms with Gasteiger partial charge in [-0.1, -0.05) is 44.7 Å². The molecule has 4 heteroatoms. The Hall–Kier alpha value is -0.800. The molecule has 3 nitrogen and oxygen atoms in total. The van der Waals surface area contributed by atoms with Gasteiger partial charge in [-0.05, 0) is 25.0 Å². The second-order valence-electron chi connectivity index (χ2n) is 5.89. The van der Waals surface area contributed by atoms with Crippen molar-refractivity contribution in [1.29, 1.82) is 0 Å². The number of anilines is 1. The van der Waals surface area contributed by atoms with Crippen LogP contribution >= 0.6 is 11.6 Å². The predicted molar refractivity (Wildman–Crippen MR) is 86.5 cm³/mol. The molecule has 1 N–H and O–H groups in total. The normalized spacial score (nSPS) is 17.1. The van der Waals surface area contributed by atoms with Crippen LogP contribution in [0.2, 0.25) is 5.02 Å². The molecule has 0 bridgehead atoms. The third-order valence-corrected chi connectivity index (χ3v) is 4.11. The maximum Gasteiger partial charge on any atom is 0.128 e. The lowest BCUT2D eigenvalue weighted by molar-refractivity contribution is 0.551. The highest BCUT2D eigenvalue weighted by atomic mass is 35.5. The van der Waals surface area contributed by atoms with Crippen LogP contribution in [0.5, 0.6) is 0 Å². The van der Waals surface area contributed by atoms with Crippen molar-refractivity contribution >= 4 is 17.4 Å². The van der Waals surface area contributed by atoms with Crippen molar-refractivity contribution in [2.45, 2.75) is 58.5 Å². The van der Waals surface area contributed by atoms with Crippen molar-refractivity contribution in [2.24, 2.45) is 0 Å². The molecule has 1 aliphatic rings. The average molecular weight is 296 g/mol. The molecule has 1 saturated heterocycles. The first-order chi connectivity index (χ1) is 9.66. The summed E-state index contributed by atoms with van der Waals surface area (Å²) in [5, 5.41) is 4.15. The molecule has 1 aliphatic heterocycles. The van der Waals surface area contributed by atoms with E-state index < -0.39 is 0 Å². The molecule has 0 radical (unpaired) electrons. The van der Waals surface area contributed by atoms with E-state index >= 15 is 0 Å². The number of nitrogens with zero attached hydrogens (tertiary/aromatic N) is 2. The quantitative estimate of drug-likeness (QED) is 0.910. The molecule has 0 aromatic carbocycles. The minimum absolute atomic E-state index is 0.443. The second kappa shape index (κ2) is 7.84. The van der Waals surface area contributed by atoms with E-state index in [4.69, 9.17) is 16.6 Å². The summed E-state index contributed by atoms with van der Waals surface area (Å²) in [6.07, 6.45) is 6.59. The molecule has 0 saturated carbocycles. The number of hydrogen-bond acceptors (Lipinski definition) is 3. The third kappa shape index (κ3) is 4.64. The van der Waals surface area contributed by atoms with Gasteiger partial charge in [0.1, 0.15) is 5.82 Å². The third-order valence-electron chi connectivity index (χ3n) is 3.76. The first-order valence-electron chi connectivity index (χ1n) is 7.80. The van der Waals surface area contributed by atoms with Crippen LogP contribution < -0.4 is 10.2 Å². The summed E-state index contributed by atoms with van der Waals surface area (Å²) >= 11 is 6.26. The van der Waals surface area contributed by atoms with Gasteiger partial charge in [-0.2, -0.15) is 0 Å². The standard InChI is InChI=1S/C16H26ClN3/c1-13(2)18-12-15-14(17)8-9-16(19-15)20-10-6-4-3-5-7-11-20/h8-9,13,18H,3-7,10-12H2,1-2H3. The van der Waals surface area contributed by atoms with Crippen molar-refractivity contribution in [3.63, 3.8) is 0 Å². The van der Waals surface area contributed by atoms with Gasteiger partial charge >= 0.3 is 0 Å². The zero-order chi connectivity index (χ0) is 14.4. The lowest BCUT2D eigenvalue weighted by atomic mass is 10.1. The van der Waals surface area contributed by atoms with Gasteiger partial charge < -0.3 is 10.2 Å². The van der Waals surface area contributed by atoms with Crippen molar-refractivity contribution in [2.75, 3.05) is 18.0 Å². The van der Waals surface area contributed by atoms with Crippen LogP contribution in [0.4, 0.5) is 5.82 Å². The number of aromatic nitrogens is 1. The zero-order valence-electron chi connectivity index (χ0n) is 12.7. The molecular formula is C16H26ClN3. The molecule has 112 valence electrons. The number of pyridine rings is 1. The van der Waals surface area contributed by atoms with Crippen LogP contribution in [0.25, 0.3) is 0 Å². The Morgan fingerprint density at radius 3 is 2.45 bits per heavy atom. The smallest absolute Gasteiger partial charge is 0.128 e. The first kappa shape index (κ1) is 15.6. The van der Waals surface area contributed by atoms with Crippen LogP contribution in [0, 0.1) is 0 Å².